The lowest BCUT2D eigenvalue weighted by molar-refractivity contribution is -0.142. The minimum Gasteiger partial charge on any atom is -0.356 e. The number of carbonyl (C=O) groups excluding carboxylic acids is 1. The number of alkyl halides is 6. The molecule has 2 aromatic rings. The number of epoxide rings is 1. The molecule has 1 aliphatic heterocycles. The Morgan fingerprint density at radius 3 is 2.30 bits per heavy atom. The molecule has 122 valence electrons. The van der Waals surface area contributed by atoms with Crippen LogP contribution < -0.4 is 0 Å². The van der Waals surface area contributed by atoms with Crippen molar-refractivity contribution in [2.45, 2.75) is 24.6 Å². The Morgan fingerprint density at radius 1 is 1.09 bits per heavy atom. The smallest absolute Gasteiger partial charge is 0.356 e. The fourth-order valence-electron chi connectivity index (χ4n) is 2.36. The molecule has 1 aromatic carbocycles. The molecule has 1 saturated heterocycles. The average Bonchev–Trinajstić information content (AvgIpc) is 3.22. The molecule has 0 unspecified atom stereocenters. The summed E-state index contributed by atoms with van der Waals surface area (Å²) in [5.41, 5.74) is -3.68. The zero-order valence-corrected chi connectivity index (χ0v) is 11.1. The molecule has 2 heterocycles. The number of aromatic nitrogens is 1. The molecule has 0 aliphatic carbocycles. The van der Waals surface area contributed by atoms with Crippen LogP contribution >= 0.6 is 0 Å². The van der Waals surface area contributed by atoms with Crippen molar-refractivity contribution in [1.82, 2.24) is 4.98 Å². The number of fused-ring (bicyclic) bond motifs is 1. The molecule has 0 spiro atoms. The number of aldehydes is 1. The van der Waals surface area contributed by atoms with Crippen LogP contribution in [0.3, 0.4) is 0 Å². The summed E-state index contributed by atoms with van der Waals surface area (Å²) in [5.74, 6) is 0. The number of para-hydroxylation sites is 1. The molecule has 9 heteroatoms. The zero-order chi connectivity index (χ0) is 17.0. The van der Waals surface area contributed by atoms with E-state index in [2.05, 4.69) is 4.98 Å². The minimum absolute atomic E-state index is 0.123. The highest BCUT2D eigenvalue weighted by atomic mass is 19.4. The van der Waals surface area contributed by atoms with E-state index in [0.29, 0.717) is 18.4 Å². The lowest BCUT2D eigenvalue weighted by Crippen LogP contribution is -2.12. The van der Waals surface area contributed by atoms with Gasteiger partial charge in [-0.2, -0.15) is 26.3 Å². The van der Waals surface area contributed by atoms with Gasteiger partial charge in [0.25, 0.3) is 0 Å². The quantitative estimate of drug-likeness (QED) is 0.475. The molecule has 1 fully saturated rings. The maximum atomic E-state index is 13.0. The summed E-state index contributed by atoms with van der Waals surface area (Å²) in [6.45, 7) is 0. The van der Waals surface area contributed by atoms with E-state index in [1.807, 2.05) is 0 Å². The Labute approximate surface area is 124 Å². The van der Waals surface area contributed by atoms with Crippen LogP contribution in [0.5, 0.6) is 0 Å². The third-order valence-corrected chi connectivity index (χ3v) is 3.43. The average molecular weight is 335 g/mol. The van der Waals surface area contributed by atoms with Gasteiger partial charge in [0.2, 0.25) is 0 Å². The largest absolute Gasteiger partial charge is 0.433 e. The number of pyridine rings is 1. The summed E-state index contributed by atoms with van der Waals surface area (Å²) in [5, 5.41) is -0.123. The minimum atomic E-state index is -4.92. The second-order valence-electron chi connectivity index (χ2n) is 4.95. The van der Waals surface area contributed by atoms with Crippen molar-refractivity contribution in [3.63, 3.8) is 0 Å². The van der Waals surface area contributed by atoms with E-state index in [4.69, 9.17) is 4.74 Å². The summed E-state index contributed by atoms with van der Waals surface area (Å²) < 4.78 is 82.8. The first-order valence-corrected chi connectivity index (χ1v) is 6.31. The molecule has 0 N–H and O–H groups in total. The van der Waals surface area contributed by atoms with Gasteiger partial charge in [-0.05, 0) is 17.7 Å². The van der Waals surface area contributed by atoms with Gasteiger partial charge >= 0.3 is 12.4 Å². The van der Waals surface area contributed by atoms with Crippen molar-refractivity contribution < 1.29 is 35.9 Å². The van der Waals surface area contributed by atoms with Gasteiger partial charge in [0.15, 0.2) is 6.29 Å². The molecule has 1 aromatic heterocycles. The van der Waals surface area contributed by atoms with Crippen molar-refractivity contribution >= 4 is 17.2 Å². The predicted molar refractivity (Wildman–Crippen MR) is 65.4 cm³/mol. The van der Waals surface area contributed by atoms with Crippen LogP contribution in [0.15, 0.2) is 24.3 Å². The third-order valence-electron chi connectivity index (χ3n) is 3.43. The molecule has 0 radical (unpaired) electrons. The molecule has 0 bridgehead atoms. The Hall–Kier alpha value is -2.16. The summed E-state index contributed by atoms with van der Waals surface area (Å²) >= 11 is 0. The topological polar surface area (TPSA) is 42.5 Å². The lowest BCUT2D eigenvalue weighted by atomic mass is 10.00. The van der Waals surface area contributed by atoms with E-state index in [0.717, 1.165) is 6.07 Å². The fraction of sp³-hybridized carbons (Fsp3) is 0.286. The number of nitrogens with zero attached hydrogens (tertiary/aromatic N) is 1. The molecular formula is C14H7F6NO2. The van der Waals surface area contributed by atoms with E-state index < -0.39 is 41.3 Å². The van der Waals surface area contributed by atoms with Crippen LogP contribution in [0.4, 0.5) is 26.3 Å². The standard InChI is InChI=1S/C14H7F6NO2/c15-13(16,17)8-3-1-2-6-7(12-9(5-22)23-12)4-10(14(18,19)20)21-11(6)8/h1-5,9,12H/t9-,12-/m1/s1. The molecule has 1 aliphatic rings. The maximum Gasteiger partial charge on any atom is 0.433 e. The zero-order valence-electron chi connectivity index (χ0n) is 11.1. The second-order valence-corrected chi connectivity index (χ2v) is 4.95. The maximum absolute atomic E-state index is 13.0. The second kappa shape index (κ2) is 4.92. The number of carbonyl (C=O) groups is 1. The van der Waals surface area contributed by atoms with Gasteiger partial charge in [-0.1, -0.05) is 12.1 Å². The lowest BCUT2D eigenvalue weighted by Gasteiger charge is -2.14. The Bertz CT molecular complexity index is 783. The normalized spacial score (nSPS) is 21.5. The summed E-state index contributed by atoms with van der Waals surface area (Å²) in [7, 11) is 0. The molecular weight excluding hydrogens is 328 g/mol. The highest BCUT2D eigenvalue weighted by molar-refractivity contribution is 5.87. The number of hydrogen-bond acceptors (Lipinski definition) is 3. The van der Waals surface area contributed by atoms with E-state index >= 15 is 0 Å². The van der Waals surface area contributed by atoms with Gasteiger partial charge < -0.3 is 9.53 Å². The molecule has 23 heavy (non-hydrogen) atoms. The number of halogens is 6. The van der Waals surface area contributed by atoms with Crippen molar-refractivity contribution in [2.75, 3.05) is 0 Å². The monoisotopic (exact) mass is 335 g/mol. The van der Waals surface area contributed by atoms with E-state index in [1.54, 1.807) is 0 Å². The Morgan fingerprint density at radius 2 is 1.78 bits per heavy atom. The first-order valence-electron chi connectivity index (χ1n) is 6.31. The molecule has 2 atom stereocenters. The third kappa shape index (κ3) is 2.76. The highest BCUT2D eigenvalue weighted by Gasteiger charge is 2.44. The van der Waals surface area contributed by atoms with Crippen LogP contribution in [0.25, 0.3) is 10.9 Å². The van der Waals surface area contributed by atoms with Crippen LogP contribution in [-0.2, 0) is 21.9 Å². The van der Waals surface area contributed by atoms with Gasteiger partial charge in [-0.15, -0.1) is 0 Å². The summed E-state index contributed by atoms with van der Waals surface area (Å²) in [6, 6.07) is 3.57. The van der Waals surface area contributed by atoms with Gasteiger partial charge in [-0.3, -0.25) is 0 Å². The summed E-state index contributed by atoms with van der Waals surface area (Å²) in [6.07, 6.45) is -11.4. The molecule has 0 amide bonds. The Kier molecular flexibility index (Phi) is 3.36. The van der Waals surface area contributed by atoms with Crippen LogP contribution in [0.1, 0.15) is 22.9 Å². The van der Waals surface area contributed by atoms with Gasteiger partial charge in [0, 0.05) is 5.39 Å². The van der Waals surface area contributed by atoms with E-state index in [1.165, 1.54) is 6.07 Å². The van der Waals surface area contributed by atoms with Gasteiger partial charge in [-0.25, -0.2) is 4.98 Å². The summed E-state index contributed by atoms with van der Waals surface area (Å²) in [4.78, 5) is 13.8. The number of rotatable bonds is 2. The van der Waals surface area contributed by atoms with Crippen LogP contribution in [0, 0.1) is 0 Å². The first-order chi connectivity index (χ1) is 10.6. The number of ether oxygens (including phenoxy) is 1. The Balaban J connectivity index is 2.31. The SMILES string of the molecule is O=C[C@H]1O[C@@H]1c1cc(C(F)(F)F)nc2c(C(F)(F)F)cccc12. The van der Waals surface area contributed by atoms with E-state index in [-0.39, 0.29) is 10.9 Å². The van der Waals surface area contributed by atoms with Crippen LogP contribution in [0.2, 0.25) is 0 Å². The van der Waals surface area contributed by atoms with Crippen molar-refractivity contribution in [2.24, 2.45) is 0 Å². The van der Waals surface area contributed by atoms with Crippen molar-refractivity contribution in [1.29, 1.82) is 0 Å². The number of hydrogen-bond donors (Lipinski definition) is 0. The fourth-order valence-corrected chi connectivity index (χ4v) is 2.36. The van der Waals surface area contributed by atoms with Gasteiger partial charge in [0.05, 0.1) is 11.1 Å². The molecule has 0 saturated carbocycles. The van der Waals surface area contributed by atoms with Crippen molar-refractivity contribution in [3.8, 4) is 0 Å². The van der Waals surface area contributed by atoms with Crippen molar-refractivity contribution in [3.05, 3.63) is 41.1 Å². The highest BCUT2D eigenvalue weighted by Crippen LogP contribution is 2.44. The molecule has 3 rings (SSSR count). The van der Waals surface area contributed by atoms with Gasteiger partial charge in [0.1, 0.15) is 17.9 Å². The first kappa shape index (κ1) is 15.7. The number of benzene rings is 1. The van der Waals surface area contributed by atoms with Crippen LogP contribution in [-0.4, -0.2) is 17.4 Å². The molecule has 3 nitrogen and oxygen atoms in total. The predicted octanol–water partition coefficient (Wildman–Crippen LogP) is 3.91. The van der Waals surface area contributed by atoms with E-state index in [9.17, 15) is 31.1 Å².